The lowest BCUT2D eigenvalue weighted by Crippen LogP contribution is -2.44. The van der Waals surface area contributed by atoms with Crippen molar-refractivity contribution in [3.8, 4) is 0 Å². The van der Waals surface area contributed by atoms with Crippen molar-refractivity contribution in [2.45, 2.75) is 39.2 Å². The lowest BCUT2D eigenvalue weighted by molar-refractivity contribution is -0.154. The van der Waals surface area contributed by atoms with Gasteiger partial charge in [0, 0.05) is 13.0 Å². The molecular weight excluding hydrogens is 218 g/mol. The van der Waals surface area contributed by atoms with Crippen molar-refractivity contribution in [3.63, 3.8) is 0 Å². The highest BCUT2D eigenvalue weighted by atomic mass is 16.5. The first-order valence-corrected chi connectivity index (χ1v) is 6.16. The SMILES string of the molecule is CCOC(=O)[C@@H](C)N(C)C(=O)[C@@H]1CC=CCC1. The van der Waals surface area contributed by atoms with Gasteiger partial charge in [0.1, 0.15) is 6.04 Å². The van der Waals surface area contributed by atoms with E-state index < -0.39 is 6.04 Å². The van der Waals surface area contributed by atoms with Crippen molar-refractivity contribution in [1.29, 1.82) is 0 Å². The van der Waals surface area contributed by atoms with Crippen LogP contribution in [0.15, 0.2) is 12.2 Å². The molecule has 0 radical (unpaired) electrons. The molecule has 1 amide bonds. The Morgan fingerprint density at radius 3 is 2.71 bits per heavy atom. The molecule has 0 fully saturated rings. The van der Waals surface area contributed by atoms with Gasteiger partial charge in [-0.3, -0.25) is 4.79 Å². The van der Waals surface area contributed by atoms with Gasteiger partial charge in [0.25, 0.3) is 0 Å². The first kappa shape index (κ1) is 13.7. The number of ether oxygens (including phenoxy) is 1. The molecule has 1 aliphatic carbocycles. The van der Waals surface area contributed by atoms with E-state index in [2.05, 4.69) is 6.08 Å². The molecule has 0 aromatic rings. The van der Waals surface area contributed by atoms with Crippen LogP contribution in [-0.4, -0.2) is 36.5 Å². The zero-order valence-electron chi connectivity index (χ0n) is 10.8. The largest absolute Gasteiger partial charge is 0.464 e. The molecule has 96 valence electrons. The summed E-state index contributed by atoms with van der Waals surface area (Å²) in [6.07, 6.45) is 6.72. The molecular formula is C13H21NO3. The van der Waals surface area contributed by atoms with Crippen molar-refractivity contribution in [2.24, 2.45) is 5.92 Å². The fourth-order valence-corrected chi connectivity index (χ4v) is 1.92. The van der Waals surface area contributed by atoms with E-state index in [1.165, 1.54) is 4.90 Å². The predicted octanol–water partition coefficient (Wildman–Crippen LogP) is 1.75. The number of rotatable bonds is 4. The van der Waals surface area contributed by atoms with Crippen LogP contribution in [0.3, 0.4) is 0 Å². The maximum absolute atomic E-state index is 12.1. The van der Waals surface area contributed by atoms with Crippen LogP contribution in [0.25, 0.3) is 0 Å². The number of esters is 1. The highest BCUT2D eigenvalue weighted by Crippen LogP contribution is 2.21. The monoisotopic (exact) mass is 239 g/mol. The van der Waals surface area contributed by atoms with Gasteiger partial charge < -0.3 is 9.64 Å². The average Bonchev–Trinajstić information content (AvgIpc) is 2.37. The van der Waals surface area contributed by atoms with Crippen LogP contribution in [0, 0.1) is 5.92 Å². The molecule has 0 heterocycles. The Kier molecular flexibility index (Phi) is 5.19. The number of allylic oxidation sites excluding steroid dienone is 2. The van der Waals surface area contributed by atoms with Gasteiger partial charge in [-0.1, -0.05) is 12.2 Å². The van der Waals surface area contributed by atoms with E-state index in [0.29, 0.717) is 6.61 Å². The zero-order chi connectivity index (χ0) is 12.8. The topological polar surface area (TPSA) is 46.6 Å². The molecule has 0 spiro atoms. The fraction of sp³-hybridized carbons (Fsp3) is 0.692. The van der Waals surface area contributed by atoms with Crippen molar-refractivity contribution >= 4 is 11.9 Å². The van der Waals surface area contributed by atoms with E-state index in [4.69, 9.17) is 4.74 Å². The van der Waals surface area contributed by atoms with Crippen molar-refractivity contribution < 1.29 is 14.3 Å². The van der Waals surface area contributed by atoms with Crippen LogP contribution in [0.5, 0.6) is 0 Å². The standard InChI is InChI=1S/C13H21NO3/c1-4-17-13(16)10(2)14(3)12(15)11-8-6-5-7-9-11/h5-6,10-11H,4,7-9H2,1-3H3/t10-,11-/m1/s1. The molecule has 0 aliphatic heterocycles. The summed E-state index contributed by atoms with van der Waals surface area (Å²) < 4.78 is 4.92. The molecule has 0 unspecified atom stereocenters. The second-order valence-electron chi connectivity index (χ2n) is 4.36. The predicted molar refractivity (Wildman–Crippen MR) is 65.3 cm³/mol. The van der Waals surface area contributed by atoms with E-state index in [9.17, 15) is 9.59 Å². The van der Waals surface area contributed by atoms with E-state index in [-0.39, 0.29) is 17.8 Å². The Morgan fingerprint density at radius 2 is 2.18 bits per heavy atom. The summed E-state index contributed by atoms with van der Waals surface area (Å²) in [5.41, 5.74) is 0. The van der Waals surface area contributed by atoms with Crippen LogP contribution >= 0.6 is 0 Å². The number of hydrogen-bond donors (Lipinski definition) is 0. The highest BCUT2D eigenvalue weighted by molar-refractivity contribution is 5.85. The van der Waals surface area contributed by atoms with E-state index in [0.717, 1.165) is 19.3 Å². The molecule has 0 aromatic heterocycles. The summed E-state index contributed by atoms with van der Waals surface area (Å²) in [4.78, 5) is 25.2. The second-order valence-corrected chi connectivity index (χ2v) is 4.36. The van der Waals surface area contributed by atoms with E-state index in [1.807, 2.05) is 6.08 Å². The molecule has 0 saturated carbocycles. The van der Waals surface area contributed by atoms with Crippen LogP contribution in [0.2, 0.25) is 0 Å². The number of likely N-dealkylation sites (N-methyl/N-ethyl adjacent to an activating group) is 1. The third kappa shape index (κ3) is 3.58. The number of carbonyl (C=O) groups excluding carboxylic acids is 2. The summed E-state index contributed by atoms with van der Waals surface area (Å²) >= 11 is 0. The first-order chi connectivity index (χ1) is 8.07. The maximum atomic E-state index is 12.1. The molecule has 1 rings (SSSR count). The Morgan fingerprint density at radius 1 is 1.47 bits per heavy atom. The summed E-state index contributed by atoms with van der Waals surface area (Å²) in [5.74, 6) is -0.286. The number of hydrogen-bond acceptors (Lipinski definition) is 3. The molecule has 4 heteroatoms. The van der Waals surface area contributed by atoms with Crippen molar-refractivity contribution in [1.82, 2.24) is 4.90 Å². The van der Waals surface area contributed by atoms with Gasteiger partial charge in [0.05, 0.1) is 6.61 Å². The second kappa shape index (κ2) is 6.42. The Hall–Kier alpha value is -1.32. The minimum absolute atomic E-state index is 0.0156. The van der Waals surface area contributed by atoms with Crippen LogP contribution < -0.4 is 0 Å². The van der Waals surface area contributed by atoms with Crippen LogP contribution in [0.1, 0.15) is 33.1 Å². The van der Waals surface area contributed by atoms with Crippen molar-refractivity contribution in [3.05, 3.63) is 12.2 Å². The summed E-state index contributed by atoms with van der Waals surface area (Å²) in [6, 6.07) is -0.506. The Labute approximate surface area is 103 Å². The fourth-order valence-electron chi connectivity index (χ4n) is 1.92. The summed E-state index contributed by atoms with van der Waals surface area (Å²) in [6.45, 7) is 3.81. The molecule has 0 bridgehead atoms. The van der Waals surface area contributed by atoms with Crippen LogP contribution in [-0.2, 0) is 14.3 Å². The van der Waals surface area contributed by atoms with Gasteiger partial charge in [-0.15, -0.1) is 0 Å². The number of amides is 1. The van der Waals surface area contributed by atoms with Gasteiger partial charge in [-0.25, -0.2) is 4.79 Å². The van der Waals surface area contributed by atoms with E-state index >= 15 is 0 Å². The third-order valence-corrected chi connectivity index (χ3v) is 3.17. The maximum Gasteiger partial charge on any atom is 0.328 e. The molecule has 1 aliphatic rings. The van der Waals surface area contributed by atoms with Crippen molar-refractivity contribution in [2.75, 3.05) is 13.7 Å². The van der Waals surface area contributed by atoms with Gasteiger partial charge >= 0.3 is 5.97 Å². The first-order valence-electron chi connectivity index (χ1n) is 6.16. The normalized spacial score (nSPS) is 20.8. The molecule has 0 N–H and O–H groups in total. The molecule has 0 saturated heterocycles. The molecule has 4 nitrogen and oxygen atoms in total. The van der Waals surface area contributed by atoms with Gasteiger partial charge in [0.15, 0.2) is 0 Å². The quantitative estimate of drug-likeness (QED) is 0.554. The minimum atomic E-state index is -0.506. The summed E-state index contributed by atoms with van der Waals surface area (Å²) in [5, 5.41) is 0. The van der Waals surface area contributed by atoms with E-state index in [1.54, 1.807) is 20.9 Å². The Balaban J connectivity index is 2.56. The van der Waals surface area contributed by atoms with Gasteiger partial charge in [-0.2, -0.15) is 0 Å². The summed E-state index contributed by atoms with van der Waals surface area (Å²) in [7, 11) is 1.67. The number of carbonyl (C=O) groups is 2. The molecule has 0 aromatic carbocycles. The lowest BCUT2D eigenvalue weighted by Gasteiger charge is -2.28. The number of nitrogens with zero attached hydrogens (tertiary/aromatic N) is 1. The average molecular weight is 239 g/mol. The third-order valence-electron chi connectivity index (χ3n) is 3.17. The smallest absolute Gasteiger partial charge is 0.328 e. The highest BCUT2D eigenvalue weighted by Gasteiger charge is 2.28. The Bertz CT molecular complexity index is 312. The lowest BCUT2D eigenvalue weighted by atomic mass is 9.93. The zero-order valence-corrected chi connectivity index (χ0v) is 10.8. The van der Waals surface area contributed by atoms with Crippen LogP contribution in [0.4, 0.5) is 0 Å². The van der Waals surface area contributed by atoms with Gasteiger partial charge in [0.2, 0.25) is 5.91 Å². The van der Waals surface area contributed by atoms with Gasteiger partial charge in [-0.05, 0) is 33.1 Å². The molecule has 17 heavy (non-hydrogen) atoms. The molecule has 2 atom stereocenters. The minimum Gasteiger partial charge on any atom is -0.464 e.